The minimum absolute atomic E-state index is 0.0770. The summed E-state index contributed by atoms with van der Waals surface area (Å²) in [7, 11) is -6.08. The molecule has 1 N–H and O–H groups in total. The fraction of sp³-hybridized carbons (Fsp3) is 0.351. The van der Waals surface area contributed by atoms with Crippen LogP contribution in [0.3, 0.4) is 0 Å². The molecule has 1 heterocycles. The molecular weight excluding hydrogens is 584 g/mol. The van der Waals surface area contributed by atoms with Gasteiger partial charge in [0.2, 0.25) is 0 Å². The molecule has 1 aliphatic rings. The monoisotopic (exact) mass is 628 g/mol. The van der Waals surface area contributed by atoms with E-state index in [0.29, 0.717) is 0 Å². The first-order valence-electron chi connectivity index (χ1n) is 15.4. The van der Waals surface area contributed by atoms with Crippen LogP contribution in [0.1, 0.15) is 41.5 Å². The normalized spacial score (nSPS) is 21.4. The summed E-state index contributed by atoms with van der Waals surface area (Å²) in [6.07, 6.45) is -5.19. The summed E-state index contributed by atoms with van der Waals surface area (Å²) in [4.78, 5) is 0. The molecule has 0 radical (unpaired) electrons. The average Bonchev–Trinajstić information content (AvgIpc) is 3.28. The predicted molar refractivity (Wildman–Crippen MR) is 182 cm³/mol. The van der Waals surface area contributed by atoms with Crippen LogP contribution in [0, 0.1) is 0 Å². The number of rotatable bonds is 9. The van der Waals surface area contributed by atoms with Crippen LogP contribution < -0.4 is 20.7 Å². The molecule has 4 aromatic carbocycles. The van der Waals surface area contributed by atoms with E-state index in [-0.39, 0.29) is 16.7 Å². The van der Waals surface area contributed by atoms with Gasteiger partial charge in [-0.05, 0) is 30.8 Å². The molecule has 4 nitrogen and oxygen atoms in total. The number of benzene rings is 4. The predicted octanol–water partition coefficient (Wildman–Crippen LogP) is 5.56. The maximum absolute atomic E-state index is 16.2. The van der Waals surface area contributed by atoms with Crippen LogP contribution >= 0.6 is 0 Å². The molecule has 0 spiro atoms. The molecule has 1 fully saturated rings. The van der Waals surface area contributed by atoms with Crippen LogP contribution in [0.5, 0.6) is 0 Å². The maximum Gasteiger partial charge on any atom is 0.261 e. The number of aliphatic hydroxyl groups excluding tert-OH is 1. The fourth-order valence-corrected chi connectivity index (χ4v) is 16.1. The van der Waals surface area contributed by atoms with Gasteiger partial charge in [-0.3, -0.25) is 0 Å². The summed E-state index contributed by atoms with van der Waals surface area (Å²) in [5, 5.41) is 14.5. The second-order valence-corrected chi connectivity index (χ2v) is 22.3. The molecule has 1 saturated heterocycles. The van der Waals surface area contributed by atoms with E-state index in [1.807, 2.05) is 72.8 Å². The van der Waals surface area contributed by atoms with Gasteiger partial charge in [0.05, 0.1) is 6.61 Å². The Labute approximate surface area is 264 Å². The zero-order valence-corrected chi connectivity index (χ0v) is 28.6. The van der Waals surface area contributed by atoms with Crippen molar-refractivity contribution < 1.29 is 23.1 Å². The third kappa shape index (κ3) is 5.89. The molecule has 44 heavy (non-hydrogen) atoms. The van der Waals surface area contributed by atoms with E-state index in [0.717, 1.165) is 20.7 Å². The first kappa shape index (κ1) is 32.5. The van der Waals surface area contributed by atoms with E-state index in [4.69, 9.17) is 13.6 Å². The van der Waals surface area contributed by atoms with Gasteiger partial charge >= 0.3 is 0 Å². The smallest absolute Gasteiger partial charge is 0.261 e. The molecule has 4 aromatic rings. The van der Waals surface area contributed by atoms with Gasteiger partial charge in [0.1, 0.15) is 12.2 Å². The molecule has 0 aromatic heterocycles. The van der Waals surface area contributed by atoms with E-state index < -0.39 is 41.3 Å². The van der Waals surface area contributed by atoms with Crippen LogP contribution in [0.25, 0.3) is 0 Å². The summed E-state index contributed by atoms with van der Waals surface area (Å²) in [5.41, 5.74) is 0. The topological polar surface area (TPSA) is 47.9 Å². The highest BCUT2D eigenvalue weighted by atomic mass is 28.4. The molecule has 1 aliphatic heterocycles. The summed E-state index contributed by atoms with van der Waals surface area (Å²) in [6, 6.07) is 41.0. The molecule has 4 atom stereocenters. The summed E-state index contributed by atoms with van der Waals surface area (Å²) >= 11 is 0. The van der Waals surface area contributed by atoms with Gasteiger partial charge in [-0.15, -0.1) is 0 Å². The largest absolute Gasteiger partial charge is 0.405 e. The van der Waals surface area contributed by atoms with Crippen LogP contribution in [-0.4, -0.2) is 53.0 Å². The van der Waals surface area contributed by atoms with Gasteiger partial charge in [0.15, 0.2) is 12.5 Å². The number of aliphatic hydroxyl groups is 1. The van der Waals surface area contributed by atoms with Gasteiger partial charge in [0.25, 0.3) is 16.6 Å². The first-order valence-corrected chi connectivity index (χ1v) is 19.2. The number of halogens is 1. The lowest BCUT2D eigenvalue weighted by atomic mass is 10.2. The Hall–Kier alpha value is -2.92. The van der Waals surface area contributed by atoms with Crippen LogP contribution in [0.15, 0.2) is 121 Å². The number of alkyl halides is 1. The third-order valence-electron chi connectivity index (χ3n) is 8.88. The van der Waals surface area contributed by atoms with Crippen molar-refractivity contribution in [2.75, 3.05) is 6.61 Å². The van der Waals surface area contributed by atoms with Crippen molar-refractivity contribution in [3.8, 4) is 0 Å². The molecule has 0 saturated carbocycles. The third-order valence-corrected chi connectivity index (χ3v) is 18.9. The van der Waals surface area contributed by atoms with Crippen molar-refractivity contribution in [2.24, 2.45) is 0 Å². The molecule has 0 bridgehead atoms. The molecular formula is C37H45FO4Si2. The van der Waals surface area contributed by atoms with Crippen molar-refractivity contribution in [1.29, 1.82) is 0 Å². The van der Waals surface area contributed by atoms with E-state index >= 15 is 4.39 Å². The van der Waals surface area contributed by atoms with Gasteiger partial charge < -0.3 is 18.7 Å². The lowest BCUT2D eigenvalue weighted by Gasteiger charge is -2.46. The first-order chi connectivity index (χ1) is 20.9. The molecule has 0 aliphatic carbocycles. The lowest BCUT2D eigenvalue weighted by molar-refractivity contribution is -0.119. The minimum Gasteiger partial charge on any atom is -0.405 e. The van der Waals surface area contributed by atoms with Crippen molar-refractivity contribution >= 4 is 37.4 Å². The summed E-state index contributed by atoms with van der Waals surface area (Å²) in [5.74, 6) is 0. The van der Waals surface area contributed by atoms with Crippen molar-refractivity contribution in [1.82, 2.24) is 0 Å². The molecule has 0 amide bonds. The fourth-order valence-electron chi connectivity index (χ4n) is 6.84. The Morgan fingerprint density at radius 1 is 0.614 bits per heavy atom. The zero-order chi connectivity index (χ0) is 31.6. The molecule has 232 valence electrons. The van der Waals surface area contributed by atoms with Crippen molar-refractivity contribution in [2.45, 2.75) is 76.3 Å². The Kier molecular flexibility index (Phi) is 9.47. The summed E-state index contributed by atoms with van der Waals surface area (Å²) in [6.45, 7) is 13.2. The van der Waals surface area contributed by atoms with E-state index in [1.165, 1.54) is 0 Å². The van der Waals surface area contributed by atoms with Gasteiger partial charge in [-0.2, -0.15) is 0 Å². The van der Waals surface area contributed by atoms with Crippen LogP contribution in [-0.2, 0) is 13.6 Å². The maximum atomic E-state index is 16.2. The SMILES string of the molecule is CC(C)(C)[Si](OCC1OC(O)[C@@H](F)[C@@H]1O[Si](c1ccccc1)(c1ccccc1)C(C)(C)C)(c1ccccc1)c1ccccc1. The zero-order valence-electron chi connectivity index (χ0n) is 26.6. The molecule has 7 heteroatoms. The van der Waals surface area contributed by atoms with E-state index in [2.05, 4.69) is 90.1 Å². The number of hydrogen-bond donors (Lipinski definition) is 1. The van der Waals surface area contributed by atoms with Crippen LogP contribution in [0.4, 0.5) is 4.39 Å². The second kappa shape index (κ2) is 12.8. The highest BCUT2D eigenvalue weighted by Crippen LogP contribution is 2.41. The highest BCUT2D eigenvalue weighted by Gasteiger charge is 2.57. The Bertz CT molecular complexity index is 1400. The standard InChI is InChI=1S/C37H45FO4Si2/c1-36(2,3)43(28-19-11-7-12-20-28,29-21-13-8-14-22-29)40-27-32-34(33(38)35(39)41-32)42-44(37(4,5)6,30-23-15-9-16-24-30)31-25-17-10-18-26-31/h7-26,32-35,39H,27H2,1-6H3/t32?,33-,34+,35?/m0/s1. The van der Waals surface area contributed by atoms with E-state index in [9.17, 15) is 5.11 Å². The van der Waals surface area contributed by atoms with E-state index in [1.54, 1.807) is 0 Å². The Balaban J connectivity index is 1.59. The Morgan fingerprint density at radius 3 is 1.30 bits per heavy atom. The second-order valence-electron chi connectivity index (χ2n) is 13.7. The van der Waals surface area contributed by atoms with Crippen molar-refractivity contribution in [3.63, 3.8) is 0 Å². The summed E-state index contributed by atoms with van der Waals surface area (Å²) < 4.78 is 36.5. The minimum atomic E-state index is -3.14. The lowest BCUT2D eigenvalue weighted by Crippen LogP contribution is -2.69. The van der Waals surface area contributed by atoms with Gasteiger partial charge in [-0.1, -0.05) is 163 Å². The molecule has 5 rings (SSSR count). The van der Waals surface area contributed by atoms with Crippen molar-refractivity contribution in [3.05, 3.63) is 121 Å². The highest BCUT2D eigenvalue weighted by molar-refractivity contribution is 7.00. The quantitative estimate of drug-likeness (QED) is 0.247. The number of hydrogen-bond acceptors (Lipinski definition) is 4. The van der Waals surface area contributed by atoms with Crippen LogP contribution in [0.2, 0.25) is 10.1 Å². The Morgan fingerprint density at radius 2 is 0.955 bits per heavy atom. The average molecular weight is 629 g/mol. The number of ether oxygens (including phenoxy) is 1. The van der Waals surface area contributed by atoms with Gasteiger partial charge in [-0.25, -0.2) is 4.39 Å². The molecule has 2 unspecified atom stereocenters. The van der Waals surface area contributed by atoms with Gasteiger partial charge in [0, 0.05) is 0 Å².